The van der Waals surface area contributed by atoms with E-state index in [0.29, 0.717) is 22.8 Å². The molecule has 3 N–H and O–H groups in total. The average molecular weight is 354 g/mol. The molecule has 0 fully saturated rings. The standard InChI is InChI=1S/C15H14BrClN2O/c1-9-6-10(2-4-12(9)16)8-19-14-7-11(15(18)20)3-5-13(14)17/h2-7,19H,8H2,1H3,(H2,18,20). The lowest BCUT2D eigenvalue weighted by atomic mass is 10.1. The number of primary amides is 1. The summed E-state index contributed by atoms with van der Waals surface area (Å²) in [5.74, 6) is -0.468. The van der Waals surface area contributed by atoms with Gasteiger partial charge in [-0.05, 0) is 42.3 Å². The largest absolute Gasteiger partial charge is 0.380 e. The summed E-state index contributed by atoms with van der Waals surface area (Å²) in [5.41, 5.74) is 8.69. The number of aryl methyl sites for hydroxylation is 1. The molecule has 5 heteroatoms. The summed E-state index contributed by atoms with van der Waals surface area (Å²) in [6.45, 7) is 2.66. The third-order valence-electron chi connectivity index (χ3n) is 2.96. The van der Waals surface area contributed by atoms with Crippen molar-refractivity contribution in [2.24, 2.45) is 5.73 Å². The molecule has 0 aliphatic carbocycles. The highest BCUT2D eigenvalue weighted by atomic mass is 79.9. The Kier molecular flexibility index (Phi) is 4.68. The number of nitrogens with two attached hydrogens (primary N) is 1. The minimum absolute atomic E-state index is 0.434. The number of benzene rings is 2. The van der Waals surface area contributed by atoms with Crippen LogP contribution >= 0.6 is 27.5 Å². The van der Waals surface area contributed by atoms with Crippen LogP contribution in [0.4, 0.5) is 5.69 Å². The van der Waals surface area contributed by atoms with Crippen molar-refractivity contribution in [3.63, 3.8) is 0 Å². The van der Waals surface area contributed by atoms with E-state index in [1.54, 1.807) is 18.2 Å². The molecular weight excluding hydrogens is 340 g/mol. The number of hydrogen-bond acceptors (Lipinski definition) is 2. The Morgan fingerprint density at radius 1 is 1.30 bits per heavy atom. The summed E-state index contributed by atoms with van der Waals surface area (Å²) < 4.78 is 1.08. The highest BCUT2D eigenvalue weighted by Gasteiger charge is 2.06. The molecule has 1 amide bonds. The molecule has 2 aromatic carbocycles. The smallest absolute Gasteiger partial charge is 0.248 e. The minimum Gasteiger partial charge on any atom is -0.380 e. The van der Waals surface area contributed by atoms with Gasteiger partial charge in [-0.2, -0.15) is 0 Å². The Balaban J connectivity index is 2.15. The van der Waals surface area contributed by atoms with Crippen LogP contribution in [0.25, 0.3) is 0 Å². The lowest BCUT2D eigenvalue weighted by Gasteiger charge is -2.10. The highest BCUT2D eigenvalue weighted by molar-refractivity contribution is 9.10. The van der Waals surface area contributed by atoms with E-state index in [4.69, 9.17) is 17.3 Å². The second-order valence-electron chi connectivity index (χ2n) is 4.50. The highest BCUT2D eigenvalue weighted by Crippen LogP contribution is 2.24. The monoisotopic (exact) mass is 352 g/mol. The molecule has 0 bridgehead atoms. The first-order chi connectivity index (χ1) is 9.47. The Morgan fingerprint density at radius 3 is 2.70 bits per heavy atom. The molecule has 104 valence electrons. The molecule has 0 aromatic heterocycles. The maximum Gasteiger partial charge on any atom is 0.248 e. The lowest BCUT2D eigenvalue weighted by Crippen LogP contribution is -2.11. The van der Waals surface area contributed by atoms with Crippen molar-refractivity contribution in [1.29, 1.82) is 0 Å². The molecule has 0 atom stereocenters. The Bertz CT molecular complexity index is 658. The number of carbonyl (C=O) groups excluding carboxylic acids is 1. The summed E-state index contributed by atoms with van der Waals surface area (Å²) >= 11 is 9.57. The molecule has 20 heavy (non-hydrogen) atoms. The molecule has 0 saturated heterocycles. The van der Waals surface area contributed by atoms with Gasteiger partial charge < -0.3 is 11.1 Å². The zero-order valence-corrected chi connectivity index (χ0v) is 13.3. The molecule has 0 aliphatic rings. The molecule has 0 unspecified atom stereocenters. The summed E-state index contributed by atoms with van der Waals surface area (Å²) in [4.78, 5) is 11.2. The summed E-state index contributed by atoms with van der Waals surface area (Å²) in [7, 11) is 0. The Morgan fingerprint density at radius 2 is 2.05 bits per heavy atom. The van der Waals surface area contributed by atoms with Gasteiger partial charge in [-0.15, -0.1) is 0 Å². The molecule has 0 saturated carbocycles. The van der Waals surface area contributed by atoms with Gasteiger partial charge >= 0.3 is 0 Å². The second-order valence-corrected chi connectivity index (χ2v) is 5.76. The van der Waals surface area contributed by atoms with Gasteiger partial charge in [0, 0.05) is 16.6 Å². The first-order valence-corrected chi connectivity index (χ1v) is 7.22. The van der Waals surface area contributed by atoms with Crippen molar-refractivity contribution >= 4 is 39.1 Å². The number of carbonyl (C=O) groups is 1. The predicted molar refractivity (Wildman–Crippen MR) is 86.2 cm³/mol. The molecular formula is C15H14BrClN2O. The number of anilines is 1. The molecule has 0 spiro atoms. The number of halogens is 2. The zero-order chi connectivity index (χ0) is 14.7. The number of hydrogen-bond donors (Lipinski definition) is 2. The average Bonchev–Trinajstić information content (AvgIpc) is 2.41. The van der Waals surface area contributed by atoms with Crippen LogP contribution in [0, 0.1) is 6.92 Å². The maximum absolute atomic E-state index is 11.2. The fraction of sp³-hybridized carbons (Fsp3) is 0.133. The molecule has 2 aromatic rings. The molecule has 3 nitrogen and oxygen atoms in total. The first kappa shape index (κ1) is 14.9. The van der Waals surface area contributed by atoms with Crippen LogP contribution in [0.5, 0.6) is 0 Å². The summed E-state index contributed by atoms with van der Waals surface area (Å²) in [5, 5.41) is 3.78. The lowest BCUT2D eigenvalue weighted by molar-refractivity contribution is 0.100. The third-order valence-corrected chi connectivity index (χ3v) is 4.18. The minimum atomic E-state index is -0.468. The predicted octanol–water partition coefficient (Wildman–Crippen LogP) is 4.12. The van der Waals surface area contributed by atoms with Crippen molar-refractivity contribution in [2.45, 2.75) is 13.5 Å². The van der Waals surface area contributed by atoms with Crippen LogP contribution in [0.3, 0.4) is 0 Å². The van der Waals surface area contributed by atoms with E-state index < -0.39 is 5.91 Å². The first-order valence-electron chi connectivity index (χ1n) is 6.05. The maximum atomic E-state index is 11.2. The number of amides is 1. The van der Waals surface area contributed by atoms with Crippen molar-refractivity contribution in [3.8, 4) is 0 Å². The van der Waals surface area contributed by atoms with Gasteiger partial charge in [0.05, 0.1) is 10.7 Å². The fourth-order valence-corrected chi connectivity index (χ4v) is 2.26. The van der Waals surface area contributed by atoms with Crippen LogP contribution in [-0.2, 0) is 6.54 Å². The SMILES string of the molecule is Cc1cc(CNc2cc(C(N)=O)ccc2Cl)ccc1Br. The summed E-state index contributed by atoms with van der Waals surface area (Å²) in [6, 6.07) is 11.1. The van der Waals surface area contributed by atoms with E-state index in [1.807, 2.05) is 19.1 Å². The van der Waals surface area contributed by atoms with Gasteiger partial charge in [0.1, 0.15) is 0 Å². The van der Waals surface area contributed by atoms with E-state index in [9.17, 15) is 4.79 Å². The van der Waals surface area contributed by atoms with E-state index in [0.717, 1.165) is 10.0 Å². The van der Waals surface area contributed by atoms with Gasteiger partial charge in [0.15, 0.2) is 0 Å². The van der Waals surface area contributed by atoms with Crippen LogP contribution in [0.15, 0.2) is 40.9 Å². The number of nitrogens with one attached hydrogen (secondary N) is 1. The molecule has 0 heterocycles. The van der Waals surface area contributed by atoms with Crippen molar-refractivity contribution in [3.05, 3.63) is 62.6 Å². The van der Waals surface area contributed by atoms with Gasteiger partial charge in [-0.1, -0.05) is 39.7 Å². The van der Waals surface area contributed by atoms with E-state index in [1.165, 1.54) is 5.56 Å². The van der Waals surface area contributed by atoms with E-state index >= 15 is 0 Å². The Hall–Kier alpha value is -1.52. The van der Waals surface area contributed by atoms with Gasteiger partial charge in [0.2, 0.25) is 5.91 Å². The fourth-order valence-electron chi connectivity index (χ4n) is 1.83. The molecule has 2 rings (SSSR count). The van der Waals surface area contributed by atoms with E-state index in [2.05, 4.69) is 27.3 Å². The number of rotatable bonds is 4. The van der Waals surface area contributed by atoms with Crippen molar-refractivity contribution in [2.75, 3.05) is 5.32 Å². The normalized spacial score (nSPS) is 10.3. The van der Waals surface area contributed by atoms with Crippen molar-refractivity contribution in [1.82, 2.24) is 0 Å². The topological polar surface area (TPSA) is 55.1 Å². The van der Waals surface area contributed by atoms with E-state index in [-0.39, 0.29) is 0 Å². The van der Waals surface area contributed by atoms with Gasteiger partial charge in [-0.25, -0.2) is 0 Å². The van der Waals surface area contributed by atoms with Crippen LogP contribution < -0.4 is 11.1 Å². The van der Waals surface area contributed by atoms with Crippen LogP contribution in [0.2, 0.25) is 5.02 Å². The van der Waals surface area contributed by atoms with Gasteiger partial charge in [0.25, 0.3) is 0 Å². The second kappa shape index (κ2) is 6.29. The van der Waals surface area contributed by atoms with Crippen LogP contribution in [-0.4, -0.2) is 5.91 Å². The molecule has 0 radical (unpaired) electrons. The molecule has 0 aliphatic heterocycles. The van der Waals surface area contributed by atoms with Crippen molar-refractivity contribution < 1.29 is 4.79 Å². The quantitative estimate of drug-likeness (QED) is 0.868. The summed E-state index contributed by atoms with van der Waals surface area (Å²) in [6.07, 6.45) is 0. The van der Waals surface area contributed by atoms with Crippen LogP contribution in [0.1, 0.15) is 21.5 Å². The zero-order valence-electron chi connectivity index (χ0n) is 10.9. The Labute approximate surface area is 131 Å². The van der Waals surface area contributed by atoms with Gasteiger partial charge in [-0.3, -0.25) is 4.79 Å². The third kappa shape index (κ3) is 3.52.